The van der Waals surface area contributed by atoms with Crippen LogP contribution in [0.5, 0.6) is 0 Å². The van der Waals surface area contributed by atoms with E-state index in [0.717, 1.165) is 28.7 Å². The first-order valence-corrected chi connectivity index (χ1v) is 9.58. The van der Waals surface area contributed by atoms with Gasteiger partial charge in [-0.3, -0.25) is 14.4 Å². The van der Waals surface area contributed by atoms with E-state index in [-0.39, 0.29) is 18.3 Å². The van der Waals surface area contributed by atoms with Gasteiger partial charge in [-0.1, -0.05) is 22.9 Å². The second-order valence-electron chi connectivity index (χ2n) is 6.47. The van der Waals surface area contributed by atoms with Gasteiger partial charge in [-0.15, -0.1) is 12.4 Å². The molecule has 1 amide bonds. The Kier molecular flexibility index (Phi) is 7.22. The SMILES string of the molecule is Cc1c(Cl)ccc2sc(N(CCCN(C)C)C(=O)c3ccnn3C)nc12.Cl. The van der Waals surface area contributed by atoms with Crippen LogP contribution in [0, 0.1) is 6.92 Å². The zero-order valence-corrected chi connectivity index (χ0v) is 18.2. The topological polar surface area (TPSA) is 54.3 Å². The molecule has 0 fully saturated rings. The first-order valence-electron chi connectivity index (χ1n) is 8.38. The number of rotatable bonds is 6. The third-order valence-electron chi connectivity index (χ3n) is 4.24. The van der Waals surface area contributed by atoms with E-state index in [9.17, 15) is 4.79 Å². The van der Waals surface area contributed by atoms with E-state index in [1.807, 2.05) is 33.2 Å². The van der Waals surface area contributed by atoms with Gasteiger partial charge >= 0.3 is 0 Å². The average Bonchev–Trinajstić information content (AvgIpc) is 3.21. The number of hydrogen-bond acceptors (Lipinski definition) is 5. The zero-order chi connectivity index (χ0) is 18.8. The van der Waals surface area contributed by atoms with Gasteiger partial charge in [0.2, 0.25) is 0 Å². The lowest BCUT2D eigenvalue weighted by Crippen LogP contribution is -2.34. The summed E-state index contributed by atoms with van der Waals surface area (Å²) in [5.74, 6) is -0.0911. The highest BCUT2D eigenvalue weighted by atomic mass is 35.5. The van der Waals surface area contributed by atoms with Gasteiger partial charge in [-0.2, -0.15) is 5.10 Å². The standard InChI is InChI=1S/C18H22ClN5OS.ClH/c1-12-13(19)6-7-15-16(12)21-18(26-15)24(11-5-10-22(2)3)17(25)14-8-9-20-23(14)4;/h6-9H,5,10-11H2,1-4H3;1H. The number of aryl methyl sites for hydroxylation is 2. The summed E-state index contributed by atoms with van der Waals surface area (Å²) in [6, 6.07) is 5.57. The van der Waals surface area contributed by atoms with Crippen molar-refractivity contribution >= 4 is 56.6 Å². The Bertz CT molecular complexity index is 937. The quantitative estimate of drug-likeness (QED) is 0.595. The van der Waals surface area contributed by atoms with Crippen LogP contribution in [-0.2, 0) is 7.05 Å². The van der Waals surface area contributed by atoms with Crippen molar-refractivity contribution in [1.82, 2.24) is 19.7 Å². The third kappa shape index (κ3) is 4.60. The van der Waals surface area contributed by atoms with Gasteiger partial charge in [0.05, 0.1) is 10.2 Å². The van der Waals surface area contributed by atoms with Gasteiger partial charge in [0.25, 0.3) is 5.91 Å². The van der Waals surface area contributed by atoms with Crippen molar-refractivity contribution in [2.45, 2.75) is 13.3 Å². The summed E-state index contributed by atoms with van der Waals surface area (Å²) in [7, 11) is 5.82. The van der Waals surface area contributed by atoms with Crippen molar-refractivity contribution in [3.63, 3.8) is 0 Å². The molecule has 0 radical (unpaired) electrons. The maximum Gasteiger partial charge on any atom is 0.278 e. The number of aromatic nitrogens is 3. The molecule has 0 unspecified atom stereocenters. The predicted molar refractivity (Wildman–Crippen MR) is 115 cm³/mol. The maximum absolute atomic E-state index is 13.1. The highest BCUT2D eigenvalue weighted by molar-refractivity contribution is 7.22. The number of carbonyl (C=O) groups is 1. The molecule has 0 N–H and O–H groups in total. The van der Waals surface area contributed by atoms with Crippen LogP contribution in [-0.4, -0.2) is 52.8 Å². The Balaban J connectivity index is 0.00000261. The van der Waals surface area contributed by atoms with Crippen molar-refractivity contribution in [3.05, 3.63) is 40.7 Å². The van der Waals surface area contributed by atoms with E-state index in [1.54, 1.807) is 28.9 Å². The largest absolute Gasteiger partial charge is 0.309 e. The highest BCUT2D eigenvalue weighted by Crippen LogP contribution is 2.34. The number of nitrogens with zero attached hydrogens (tertiary/aromatic N) is 5. The van der Waals surface area contributed by atoms with Gasteiger partial charge < -0.3 is 4.90 Å². The lowest BCUT2D eigenvalue weighted by atomic mass is 10.2. The molecule has 9 heteroatoms. The highest BCUT2D eigenvalue weighted by Gasteiger charge is 2.23. The minimum Gasteiger partial charge on any atom is -0.309 e. The summed E-state index contributed by atoms with van der Waals surface area (Å²) in [4.78, 5) is 21.7. The molecular weight excluding hydrogens is 405 g/mol. The second-order valence-corrected chi connectivity index (χ2v) is 7.89. The lowest BCUT2D eigenvalue weighted by Gasteiger charge is -2.21. The van der Waals surface area contributed by atoms with Crippen LogP contribution >= 0.6 is 35.3 Å². The third-order valence-corrected chi connectivity index (χ3v) is 5.69. The summed E-state index contributed by atoms with van der Waals surface area (Å²) >= 11 is 7.74. The van der Waals surface area contributed by atoms with Gasteiger partial charge in [-0.25, -0.2) is 4.98 Å². The lowest BCUT2D eigenvalue weighted by molar-refractivity contribution is 0.0977. The molecule has 6 nitrogen and oxygen atoms in total. The molecule has 0 atom stereocenters. The van der Waals surface area contributed by atoms with Crippen molar-refractivity contribution in [3.8, 4) is 0 Å². The minimum absolute atomic E-state index is 0. The van der Waals surface area contributed by atoms with Gasteiger partial charge in [-0.05, 0) is 57.7 Å². The molecule has 0 saturated carbocycles. The number of carbonyl (C=O) groups excluding carboxylic acids is 1. The molecule has 0 bridgehead atoms. The number of benzene rings is 1. The van der Waals surface area contributed by atoms with E-state index >= 15 is 0 Å². The molecule has 0 spiro atoms. The zero-order valence-electron chi connectivity index (χ0n) is 15.8. The molecule has 0 aliphatic rings. The van der Waals surface area contributed by atoms with Crippen LogP contribution in [0.25, 0.3) is 10.2 Å². The van der Waals surface area contributed by atoms with Gasteiger partial charge in [0.1, 0.15) is 5.69 Å². The maximum atomic E-state index is 13.1. The van der Waals surface area contributed by atoms with E-state index < -0.39 is 0 Å². The first kappa shape index (κ1) is 21.6. The van der Waals surface area contributed by atoms with Crippen LogP contribution < -0.4 is 4.90 Å². The Morgan fingerprint density at radius 2 is 2.00 bits per heavy atom. The second kappa shape index (κ2) is 9.01. The number of anilines is 1. The molecule has 3 aromatic rings. The Morgan fingerprint density at radius 3 is 2.63 bits per heavy atom. The minimum atomic E-state index is -0.0911. The van der Waals surface area contributed by atoms with Crippen LogP contribution in [0.4, 0.5) is 5.13 Å². The van der Waals surface area contributed by atoms with Crippen molar-refractivity contribution in [2.75, 3.05) is 32.1 Å². The Labute approximate surface area is 174 Å². The first-order chi connectivity index (χ1) is 12.4. The van der Waals surface area contributed by atoms with E-state index in [1.165, 1.54) is 11.3 Å². The molecule has 2 heterocycles. The van der Waals surface area contributed by atoms with E-state index in [0.29, 0.717) is 22.4 Å². The number of hydrogen-bond donors (Lipinski definition) is 0. The van der Waals surface area contributed by atoms with Crippen molar-refractivity contribution in [2.24, 2.45) is 7.05 Å². The summed E-state index contributed by atoms with van der Waals surface area (Å²) in [5, 5.41) is 5.49. The van der Waals surface area contributed by atoms with E-state index in [2.05, 4.69) is 10.00 Å². The number of halogens is 2. The summed E-state index contributed by atoms with van der Waals surface area (Å²) < 4.78 is 2.62. The molecule has 0 saturated heterocycles. The Hall–Kier alpha value is -1.67. The van der Waals surface area contributed by atoms with Crippen LogP contribution in [0.1, 0.15) is 22.5 Å². The monoisotopic (exact) mass is 427 g/mol. The predicted octanol–water partition coefficient (Wildman–Crippen LogP) is 4.01. The van der Waals surface area contributed by atoms with Crippen molar-refractivity contribution in [1.29, 1.82) is 0 Å². The molecule has 0 aliphatic heterocycles. The number of amides is 1. The van der Waals surface area contributed by atoms with Gasteiger partial charge in [0.15, 0.2) is 5.13 Å². The molecule has 0 aliphatic carbocycles. The molecule has 3 rings (SSSR count). The van der Waals surface area contributed by atoms with Crippen LogP contribution in [0.3, 0.4) is 0 Å². The fourth-order valence-electron chi connectivity index (χ4n) is 2.76. The molecule has 2 aromatic heterocycles. The van der Waals surface area contributed by atoms with Crippen LogP contribution in [0.15, 0.2) is 24.4 Å². The fraction of sp³-hybridized carbons (Fsp3) is 0.389. The van der Waals surface area contributed by atoms with E-state index in [4.69, 9.17) is 16.6 Å². The summed E-state index contributed by atoms with van der Waals surface area (Å²) in [6.45, 7) is 3.44. The van der Waals surface area contributed by atoms with Crippen molar-refractivity contribution < 1.29 is 4.79 Å². The smallest absolute Gasteiger partial charge is 0.278 e. The molecule has 27 heavy (non-hydrogen) atoms. The summed E-state index contributed by atoms with van der Waals surface area (Å²) in [5.41, 5.74) is 2.34. The fourth-order valence-corrected chi connectivity index (χ4v) is 3.96. The molecule has 1 aromatic carbocycles. The van der Waals surface area contributed by atoms with Gasteiger partial charge in [0, 0.05) is 24.8 Å². The van der Waals surface area contributed by atoms with Crippen LogP contribution in [0.2, 0.25) is 5.02 Å². The number of fused-ring (bicyclic) bond motifs is 1. The number of thiazole rings is 1. The summed E-state index contributed by atoms with van der Waals surface area (Å²) in [6.07, 6.45) is 2.49. The normalized spacial score (nSPS) is 11.0. The Morgan fingerprint density at radius 1 is 1.26 bits per heavy atom. The molecular formula is C18H23Cl2N5OS. The average molecular weight is 428 g/mol. The molecule has 146 valence electrons.